The lowest BCUT2D eigenvalue weighted by molar-refractivity contribution is -0.143. The Morgan fingerprint density at radius 3 is 2.45 bits per heavy atom. The molecule has 0 amide bonds. The van der Waals surface area contributed by atoms with Crippen molar-refractivity contribution in [2.45, 2.75) is 50.1 Å². The van der Waals surface area contributed by atoms with E-state index in [1.807, 2.05) is 6.07 Å². The van der Waals surface area contributed by atoms with Crippen molar-refractivity contribution in [3.63, 3.8) is 0 Å². The van der Waals surface area contributed by atoms with Crippen LogP contribution in [0.3, 0.4) is 0 Å². The zero-order valence-corrected chi connectivity index (χ0v) is 21.6. The predicted octanol–water partition coefficient (Wildman–Crippen LogP) is 3.76. The third kappa shape index (κ3) is 4.90. The molecule has 4 atom stereocenters. The molecule has 0 aliphatic carbocycles. The molecule has 2 aliphatic heterocycles. The molecule has 0 spiro atoms. The minimum atomic E-state index is -3.81. The van der Waals surface area contributed by atoms with Crippen LogP contribution in [0.4, 0.5) is 14.5 Å². The normalized spacial score (nSPS) is 25.8. The van der Waals surface area contributed by atoms with E-state index in [2.05, 4.69) is 10.2 Å². The maximum atomic E-state index is 15.3. The van der Waals surface area contributed by atoms with Crippen molar-refractivity contribution in [1.29, 1.82) is 0 Å². The summed E-state index contributed by atoms with van der Waals surface area (Å²) < 4.78 is 60.6. The lowest BCUT2D eigenvalue weighted by Gasteiger charge is -2.39. The van der Waals surface area contributed by atoms with Gasteiger partial charge in [-0.25, -0.2) is 17.2 Å². The summed E-state index contributed by atoms with van der Waals surface area (Å²) in [5, 5.41) is 16.5. The number of nitrogens with zero attached hydrogens (tertiary/aromatic N) is 5. The Bertz CT molecular complexity index is 1400. The lowest BCUT2D eigenvalue weighted by Crippen LogP contribution is -2.45. The van der Waals surface area contributed by atoms with Gasteiger partial charge in [0.2, 0.25) is 10.0 Å². The number of aromatic nitrogens is 3. The summed E-state index contributed by atoms with van der Waals surface area (Å²) in [4.78, 5) is 13.5. The molecule has 12 heteroatoms. The van der Waals surface area contributed by atoms with Crippen molar-refractivity contribution in [2.24, 2.45) is 5.92 Å². The molecule has 3 aromatic rings. The highest BCUT2D eigenvalue weighted by atomic mass is 32.2. The number of hydrogen-bond acceptors (Lipinski definition) is 6. The Morgan fingerprint density at radius 1 is 1.05 bits per heavy atom. The standard InChI is InChI=1S/C26H29F2N5O4S/c1-17-7-8-25(18-5-3-2-4-6-18)38(36,37)33(17)13-19-11-22(28)24(12-21(19)27)31-10-9-23(20(14-31)26(34)35)32-15-29-30-16-32/h2-6,11-12,15-17,20,23,25H,7-10,13-14H2,1H3,(H,34,35). The first kappa shape index (κ1) is 26.2. The molecule has 2 saturated heterocycles. The molecule has 0 saturated carbocycles. The van der Waals surface area contributed by atoms with Crippen molar-refractivity contribution in [3.8, 4) is 0 Å². The largest absolute Gasteiger partial charge is 0.481 e. The van der Waals surface area contributed by atoms with E-state index in [9.17, 15) is 18.3 Å². The fourth-order valence-corrected chi connectivity index (χ4v) is 7.79. The number of carboxylic acids is 1. The number of sulfonamides is 1. The molecule has 0 radical (unpaired) electrons. The molecule has 3 heterocycles. The first-order valence-corrected chi connectivity index (χ1v) is 14.0. The average Bonchev–Trinajstić information content (AvgIpc) is 3.43. The third-order valence-electron chi connectivity index (χ3n) is 7.69. The maximum absolute atomic E-state index is 15.3. The van der Waals surface area contributed by atoms with Crippen molar-refractivity contribution in [3.05, 3.63) is 77.9 Å². The SMILES string of the molecule is CC1CCC(c2ccccc2)S(=O)(=O)N1Cc1cc(F)c(N2CCC(n3cnnc3)C(C(=O)O)C2)cc1F. The second-order valence-electron chi connectivity index (χ2n) is 9.97. The van der Waals surface area contributed by atoms with Gasteiger partial charge in [0.15, 0.2) is 0 Å². The predicted molar refractivity (Wildman–Crippen MR) is 136 cm³/mol. The van der Waals surface area contributed by atoms with E-state index in [1.54, 1.807) is 35.8 Å². The Morgan fingerprint density at radius 2 is 1.76 bits per heavy atom. The van der Waals surface area contributed by atoms with Gasteiger partial charge in [-0.2, -0.15) is 4.31 Å². The van der Waals surface area contributed by atoms with Gasteiger partial charge in [0.05, 0.1) is 17.6 Å². The minimum absolute atomic E-state index is 0.0236. The molecule has 4 unspecified atom stereocenters. The molecule has 202 valence electrons. The summed E-state index contributed by atoms with van der Waals surface area (Å²) in [6.07, 6.45) is 4.32. The Kier molecular flexibility index (Phi) is 7.19. The van der Waals surface area contributed by atoms with E-state index in [4.69, 9.17) is 0 Å². The van der Waals surface area contributed by atoms with Crippen LogP contribution in [0.25, 0.3) is 0 Å². The van der Waals surface area contributed by atoms with E-state index >= 15 is 8.78 Å². The summed E-state index contributed by atoms with van der Waals surface area (Å²) in [6, 6.07) is 10.2. The van der Waals surface area contributed by atoms with Crippen LogP contribution in [0, 0.1) is 17.6 Å². The van der Waals surface area contributed by atoms with Crippen LogP contribution >= 0.6 is 0 Å². The van der Waals surface area contributed by atoms with Gasteiger partial charge in [-0.3, -0.25) is 4.79 Å². The first-order chi connectivity index (χ1) is 18.2. The molecular weight excluding hydrogens is 516 g/mol. The quantitative estimate of drug-likeness (QED) is 0.502. The average molecular weight is 546 g/mol. The number of aliphatic carboxylic acids is 1. The van der Waals surface area contributed by atoms with Crippen molar-refractivity contribution < 1.29 is 27.1 Å². The van der Waals surface area contributed by atoms with E-state index in [1.165, 1.54) is 21.9 Å². The van der Waals surface area contributed by atoms with Crippen LogP contribution in [-0.2, 0) is 21.4 Å². The molecule has 2 aromatic carbocycles. The Balaban J connectivity index is 1.38. The highest BCUT2D eigenvalue weighted by molar-refractivity contribution is 7.89. The van der Waals surface area contributed by atoms with E-state index in [0.29, 0.717) is 31.4 Å². The van der Waals surface area contributed by atoms with Gasteiger partial charge in [-0.1, -0.05) is 30.3 Å². The van der Waals surface area contributed by atoms with E-state index in [-0.39, 0.29) is 30.4 Å². The van der Waals surface area contributed by atoms with Gasteiger partial charge >= 0.3 is 5.97 Å². The molecule has 1 aromatic heterocycles. The number of piperidine rings is 1. The summed E-state index contributed by atoms with van der Waals surface area (Å²) >= 11 is 0. The molecule has 2 fully saturated rings. The van der Waals surface area contributed by atoms with Crippen molar-refractivity contribution in [1.82, 2.24) is 19.1 Å². The van der Waals surface area contributed by atoms with Crippen LogP contribution in [-0.4, -0.2) is 57.7 Å². The van der Waals surface area contributed by atoms with E-state index in [0.717, 1.165) is 12.1 Å². The van der Waals surface area contributed by atoms with Crippen LogP contribution in [0.15, 0.2) is 55.1 Å². The number of hydrogen-bond donors (Lipinski definition) is 1. The van der Waals surface area contributed by atoms with Crippen LogP contribution in [0.5, 0.6) is 0 Å². The summed E-state index contributed by atoms with van der Waals surface area (Å²) in [6.45, 7) is 1.76. The second-order valence-corrected chi connectivity index (χ2v) is 12.0. The fourth-order valence-electron chi connectivity index (χ4n) is 5.60. The van der Waals surface area contributed by atoms with E-state index < -0.39 is 44.8 Å². The van der Waals surface area contributed by atoms with Crippen LogP contribution < -0.4 is 4.90 Å². The summed E-state index contributed by atoms with van der Waals surface area (Å²) in [7, 11) is -3.81. The highest BCUT2D eigenvalue weighted by Gasteiger charge is 2.41. The van der Waals surface area contributed by atoms with Crippen molar-refractivity contribution >= 4 is 21.7 Å². The molecular formula is C26H29F2N5O4S. The smallest absolute Gasteiger partial charge is 0.310 e. The van der Waals surface area contributed by atoms with Gasteiger partial charge in [0.25, 0.3) is 0 Å². The number of rotatable bonds is 6. The maximum Gasteiger partial charge on any atom is 0.310 e. The Labute approximate surface area is 219 Å². The van der Waals surface area contributed by atoms with Gasteiger partial charge in [0.1, 0.15) is 29.5 Å². The first-order valence-electron chi connectivity index (χ1n) is 12.5. The number of halogens is 2. The van der Waals surface area contributed by atoms with Gasteiger partial charge in [0, 0.05) is 37.3 Å². The molecule has 5 rings (SSSR count). The minimum Gasteiger partial charge on any atom is -0.481 e. The fraction of sp³-hybridized carbons (Fsp3) is 0.423. The number of carboxylic acid groups (broad SMARTS) is 1. The van der Waals surface area contributed by atoms with Gasteiger partial charge in [-0.15, -0.1) is 10.2 Å². The van der Waals surface area contributed by atoms with Crippen LogP contribution in [0.1, 0.15) is 48.6 Å². The topological polar surface area (TPSA) is 109 Å². The number of benzene rings is 2. The molecule has 38 heavy (non-hydrogen) atoms. The molecule has 1 N–H and O–H groups in total. The monoisotopic (exact) mass is 545 g/mol. The highest BCUT2D eigenvalue weighted by Crippen LogP contribution is 2.39. The summed E-state index contributed by atoms with van der Waals surface area (Å²) in [5.74, 6) is -3.40. The summed E-state index contributed by atoms with van der Waals surface area (Å²) in [5.41, 5.74) is 0.565. The zero-order valence-electron chi connectivity index (χ0n) is 20.8. The Hall–Kier alpha value is -3.38. The lowest BCUT2D eigenvalue weighted by atomic mass is 9.91. The van der Waals surface area contributed by atoms with Crippen molar-refractivity contribution in [2.75, 3.05) is 18.0 Å². The molecule has 2 aliphatic rings. The third-order valence-corrected chi connectivity index (χ3v) is 10.1. The zero-order chi connectivity index (χ0) is 27.0. The number of anilines is 1. The van der Waals surface area contributed by atoms with Crippen LogP contribution in [0.2, 0.25) is 0 Å². The molecule has 9 nitrogen and oxygen atoms in total. The second kappa shape index (κ2) is 10.4. The van der Waals surface area contributed by atoms with Gasteiger partial charge in [-0.05, 0) is 37.8 Å². The van der Waals surface area contributed by atoms with Gasteiger partial charge < -0.3 is 14.6 Å². The molecule has 0 bridgehead atoms. The number of carbonyl (C=O) groups is 1.